The van der Waals surface area contributed by atoms with E-state index >= 15 is 0 Å². The van der Waals surface area contributed by atoms with Crippen molar-refractivity contribution in [2.75, 3.05) is 7.11 Å². The van der Waals surface area contributed by atoms with E-state index in [4.69, 9.17) is 9.47 Å². The molecule has 1 aliphatic heterocycles. The number of fused-ring (bicyclic) bond motifs is 1. The number of rotatable bonds is 3. The molecule has 0 bridgehead atoms. The highest BCUT2D eigenvalue weighted by atomic mass is 16.5. The molecule has 1 heterocycles. The fourth-order valence-corrected chi connectivity index (χ4v) is 2.12. The van der Waals surface area contributed by atoms with Crippen LogP contribution < -0.4 is 4.74 Å². The first kappa shape index (κ1) is 12.4. The molecule has 0 amide bonds. The lowest BCUT2D eigenvalue weighted by Crippen LogP contribution is -2.17. The van der Waals surface area contributed by atoms with Crippen LogP contribution in [0.1, 0.15) is 17.2 Å². The van der Waals surface area contributed by atoms with Crippen LogP contribution in [0.3, 0.4) is 0 Å². The molecule has 1 unspecified atom stereocenters. The van der Waals surface area contributed by atoms with Crippen LogP contribution in [0.4, 0.5) is 5.69 Å². The molecular weight excluding hydrogens is 254 g/mol. The van der Waals surface area contributed by atoms with Gasteiger partial charge >= 0.3 is 0 Å². The molecule has 0 spiro atoms. The largest absolute Gasteiger partial charge is 0.497 e. The second-order valence-electron chi connectivity index (χ2n) is 4.38. The van der Waals surface area contributed by atoms with E-state index in [9.17, 15) is 4.79 Å². The van der Waals surface area contributed by atoms with Gasteiger partial charge in [-0.3, -0.25) is 4.79 Å². The number of aliphatic imine (C=N–C) groups is 1. The van der Waals surface area contributed by atoms with Gasteiger partial charge in [0.15, 0.2) is 12.4 Å². The summed E-state index contributed by atoms with van der Waals surface area (Å²) >= 11 is 0. The molecule has 3 rings (SSSR count). The van der Waals surface area contributed by atoms with Gasteiger partial charge in [0.25, 0.3) is 0 Å². The maximum atomic E-state index is 11.2. The average Bonchev–Trinajstić information content (AvgIpc) is 2.54. The van der Waals surface area contributed by atoms with E-state index in [0.717, 1.165) is 28.8 Å². The minimum Gasteiger partial charge on any atom is -0.497 e. The minimum atomic E-state index is -0.610. The van der Waals surface area contributed by atoms with E-state index in [1.807, 2.05) is 48.5 Å². The summed E-state index contributed by atoms with van der Waals surface area (Å²) in [6, 6.07) is 14.9. The Hall–Kier alpha value is -2.62. The van der Waals surface area contributed by atoms with Gasteiger partial charge in [-0.2, -0.15) is 0 Å². The van der Waals surface area contributed by atoms with E-state index in [1.165, 1.54) is 0 Å². The Kier molecular flexibility index (Phi) is 3.21. The van der Waals surface area contributed by atoms with Gasteiger partial charge < -0.3 is 9.47 Å². The van der Waals surface area contributed by atoms with Crippen LogP contribution >= 0.6 is 0 Å². The molecule has 0 radical (unpaired) electrons. The molecule has 4 heteroatoms. The van der Waals surface area contributed by atoms with Crippen molar-refractivity contribution >= 4 is 17.9 Å². The molecule has 1 atom stereocenters. The van der Waals surface area contributed by atoms with Crippen molar-refractivity contribution in [1.82, 2.24) is 0 Å². The van der Waals surface area contributed by atoms with Gasteiger partial charge in [0.05, 0.1) is 12.8 Å². The maximum absolute atomic E-state index is 11.2. The topological polar surface area (TPSA) is 47.9 Å². The number of aldehydes is 1. The number of carbonyl (C=O) groups excluding carboxylic acids is 1. The minimum absolute atomic E-state index is 0.448. The van der Waals surface area contributed by atoms with Gasteiger partial charge in [0, 0.05) is 11.1 Å². The molecule has 100 valence electrons. The van der Waals surface area contributed by atoms with Crippen LogP contribution in [0.25, 0.3) is 0 Å². The van der Waals surface area contributed by atoms with Crippen molar-refractivity contribution in [3.63, 3.8) is 0 Å². The van der Waals surface area contributed by atoms with E-state index in [-0.39, 0.29) is 0 Å². The Balaban J connectivity index is 2.02. The number of carbonyl (C=O) groups is 1. The monoisotopic (exact) mass is 267 g/mol. The summed E-state index contributed by atoms with van der Waals surface area (Å²) in [5, 5.41) is 0. The molecule has 2 aromatic carbocycles. The molecule has 1 aliphatic rings. The summed E-state index contributed by atoms with van der Waals surface area (Å²) < 4.78 is 10.8. The van der Waals surface area contributed by atoms with Crippen molar-refractivity contribution in [3.05, 3.63) is 59.7 Å². The number of nitrogens with zero attached hydrogens (tertiary/aromatic N) is 1. The molecule has 0 aliphatic carbocycles. The number of ether oxygens (including phenoxy) is 2. The van der Waals surface area contributed by atoms with Crippen LogP contribution in [0.15, 0.2) is 53.5 Å². The maximum Gasteiger partial charge on any atom is 0.222 e. The smallest absolute Gasteiger partial charge is 0.222 e. The van der Waals surface area contributed by atoms with Gasteiger partial charge in [-0.25, -0.2) is 4.99 Å². The second-order valence-corrected chi connectivity index (χ2v) is 4.38. The molecular formula is C16H13NO3. The summed E-state index contributed by atoms with van der Waals surface area (Å²) in [6.07, 6.45) is 0.178. The van der Waals surface area contributed by atoms with Crippen LogP contribution in [0, 0.1) is 0 Å². The third kappa shape index (κ3) is 2.16. The van der Waals surface area contributed by atoms with Crippen LogP contribution in [0.2, 0.25) is 0 Å². The lowest BCUT2D eigenvalue weighted by Gasteiger charge is -2.22. The average molecular weight is 267 g/mol. The summed E-state index contributed by atoms with van der Waals surface area (Å²) in [6.45, 7) is 0. The summed E-state index contributed by atoms with van der Waals surface area (Å²) in [7, 11) is 1.61. The standard InChI is InChI=1S/C16H13NO3/c1-19-12-8-6-11(7-9-12)16-17-14-5-3-2-4-13(14)15(10-18)20-16/h2-10,15H,1H3. The zero-order chi connectivity index (χ0) is 13.9. The number of hydrogen-bond donors (Lipinski definition) is 0. The van der Waals surface area contributed by atoms with Crippen molar-refractivity contribution in [1.29, 1.82) is 0 Å². The first-order valence-corrected chi connectivity index (χ1v) is 6.26. The fourth-order valence-electron chi connectivity index (χ4n) is 2.12. The number of para-hydroxylation sites is 1. The van der Waals surface area contributed by atoms with Gasteiger partial charge in [-0.05, 0) is 30.3 Å². The first-order valence-electron chi connectivity index (χ1n) is 6.26. The third-order valence-electron chi connectivity index (χ3n) is 3.16. The van der Waals surface area contributed by atoms with Gasteiger partial charge in [-0.1, -0.05) is 18.2 Å². The molecule has 0 saturated heterocycles. The molecule has 2 aromatic rings. The third-order valence-corrected chi connectivity index (χ3v) is 3.16. The zero-order valence-corrected chi connectivity index (χ0v) is 10.9. The predicted molar refractivity (Wildman–Crippen MR) is 75.5 cm³/mol. The van der Waals surface area contributed by atoms with Crippen LogP contribution in [-0.4, -0.2) is 19.3 Å². The fraction of sp³-hybridized carbons (Fsp3) is 0.125. The van der Waals surface area contributed by atoms with Crippen molar-refractivity contribution < 1.29 is 14.3 Å². The van der Waals surface area contributed by atoms with Crippen LogP contribution in [-0.2, 0) is 9.53 Å². The highest BCUT2D eigenvalue weighted by molar-refractivity contribution is 5.98. The quantitative estimate of drug-likeness (QED) is 0.803. The second kappa shape index (κ2) is 5.17. The Labute approximate surface area is 116 Å². The van der Waals surface area contributed by atoms with Crippen molar-refractivity contribution in [3.8, 4) is 5.75 Å². The summed E-state index contributed by atoms with van der Waals surface area (Å²) in [5.74, 6) is 1.21. The molecule has 0 fully saturated rings. The molecule has 20 heavy (non-hydrogen) atoms. The zero-order valence-electron chi connectivity index (χ0n) is 10.9. The Morgan fingerprint density at radius 2 is 1.90 bits per heavy atom. The molecule has 0 N–H and O–H groups in total. The predicted octanol–water partition coefficient (Wildman–Crippen LogP) is 3.04. The normalized spacial score (nSPS) is 16.6. The molecule has 0 aromatic heterocycles. The van der Waals surface area contributed by atoms with Gasteiger partial charge in [0.2, 0.25) is 5.90 Å². The molecule has 0 saturated carbocycles. The Morgan fingerprint density at radius 1 is 1.15 bits per heavy atom. The summed E-state index contributed by atoms with van der Waals surface area (Å²) in [4.78, 5) is 15.7. The van der Waals surface area contributed by atoms with E-state index in [0.29, 0.717) is 5.90 Å². The van der Waals surface area contributed by atoms with Crippen molar-refractivity contribution in [2.24, 2.45) is 4.99 Å². The SMILES string of the molecule is COc1ccc(C2=Nc3ccccc3C(C=O)O2)cc1. The van der Waals surface area contributed by atoms with Gasteiger partial charge in [-0.15, -0.1) is 0 Å². The Bertz CT molecular complexity index is 662. The molecule has 4 nitrogen and oxygen atoms in total. The lowest BCUT2D eigenvalue weighted by molar-refractivity contribution is -0.114. The van der Waals surface area contributed by atoms with E-state index in [2.05, 4.69) is 4.99 Å². The van der Waals surface area contributed by atoms with Gasteiger partial charge in [0.1, 0.15) is 5.75 Å². The number of methoxy groups -OCH3 is 1. The lowest BCUT2D eigenvalue weighted by atomic mass is 10.1. The van der Waals surface area contributed by atoms with E-state index in [1.54, 1.807) is 7.11 Å². The van der Waals surface area contributed by atoms with Crippen molar-refractivity contribution in [2.45, 2.75) is 6.10 Å². The highest BCUT2D eigenvalue weighted by Crippen LogP contribution is 2.32. The number of hydrogen-bond acceptors (Lipinski definition) is 4. The highest BCUT2D eigenvalue weighted by Gasteiger charge is 2.23. The first-order chi connectivity index (χ1) is 9.81. The Morgan fingerprint density at radius 3 is 2.60 bits per heavy atom. The number of benzene rings is 2. The van der Waals surface area contributed by atoms with Crippen LogP contribution in [0.5, 0.6) is 5.75 Å². The van der Waals surface area contributed by atoms with E-state index < -0.39 is 6.10 Å². The summed E-state index contributed by atoms with van der Waals surface area (Å²) in [5.41, 5.74) is 2.37.